The molecule has 1 N–H and O–H groups in total. The summed E-state index contributed by atoms with van der Waals surface area (Å²) < 4.78 is 5.64. The smallest absolute Gasteiger partial charge is 0.410 e. The zero-order chi connectivity index (χ0) is 17.1. The quantitative estimate of drug-likeness (QED) is 0.811. The van der Waals surface area contributed by atoms with Crippen molar-refractivity contribution < 1.29 is 9.53 Å². The molecule has 1 aliphatic carbocycles. The van der Waals surface area contributed by atoms with Crippen molar-refractivity contribution in [2.24, 2.45) is 0 Å². The summed E-state index contributed by atoms with van der Waals surface area (Å²) in [6, 6.07) is 1.12. The van der Waals surface area contributed by atoms with Gasteiger partial charge in [0.2, 0.25) is 0 Å². The number of nitrogens with one attached hydrogen (secondary N) is 1. The van der Waals surface area contributed by atoms with E-state index in [4.69, 9.17) is 4.74 Å². The first kappa shape index (κ1) is 18.6. The summed E-state index contributed by atoms with van der Waals surface area (Å²) in [5.41, 5.74) is -0.353. The number of ether oxygens (including phenoxy) is 1. The van der Waals surface area contributed by atoms with E-state index in [0.717, 1.165) is 32.2 Å². The van der Waals surface area contributed by atoms with E-state index in [0.29, 0.717) is 12.1 Å². The average molecular weight is 325 g/mol. The van der Waals surface area contributed by atoms with E-state index in [-0.39, 0.29) is 11.6 Å². The van der Waals surface area contributed by atoms with E-state index in [1.807, 2.05) is 25.7 Å². The van der Waals surface area contributed by atoms with Crippen LogP contribution in [0.3, 0.4) is 0 Å². The van der Waals surface area contributed by atoms with E-state index in [1.165, 1.54) is 25.7 Å². The van der Waals surface area contributed by atoms with Crippen molar-refractivity contribution in [3.8, 4) is 0 Å². The van der Waals surface area contributed by atoms with E-state index in [9.17, 15) is 4.79 Å². The maximum absolute atomic E-state index is 12.6. The maximum Gasteiger partial charge on any atom is 0.410 e. The molecule has 2 unspecified atom stereocenters. The summed E-state index contributed by atoms with van der Waals surface area (Å²) in [5.74, 6) is 0. The summed E-state index contributed by atoms with van der Waals surface area (Å²) in [4.78, 5) is 14.6. The molecule has 2 atom stereocenters. The Kier molecular flexibility index (Phi) is 5.99. The number of carbonyl (C=O) groups is 1. The molecule has 4 nitrogen and oxygen atoms in total. The molecule has 0 aromatic carbocycles. The van der Waals surface area contributed by atoms with Crippen molar-refractivity contribution in [3.05, 3.63) is 0 Å². The first-order chi connectivity index (χ1) is 10.8. The molecule has 0 aromatic rings. The van der Waals surface area contributed by atoms with Gasteiger partial charge in [-0.2, -0.15) is 0 Å². The fourth-order valence-electron chi connectivity index (χ4n) is 3.99. The van der Waals surface area contributed by atoms with Crippen molar-refractivity contribution in [3.63, 3.8) is 0 Å². The number of likely N-dealkylation sites (tertiary alicyclic amines) is 1. The third-order valence-corrected chi connectivity index (χ3v) is 5.31. The molecule has 1 heterocycles. The molecule has 4 heteroatoms. The van der Waals surface area contributed by atoms with Gasteiger partial charge in [-0.05, 0) is 66.2 Å². The summed E-state index contributed by atoms with van der Waals surface area (Å²) in [5, 5.41) is 3.81. The van der Waals surface area contributed by atoms with Gasteiger partial charge in [-0.1, -0.05) is 19.8 Å². The van der Waals surface area contributed by atoms with E-state index < -0.39 is 5.60 Å². The van der Waals surface area contributed by atoms with E-state index in [1.54, 1.807) is 0 Å². The summed E-state index contributed by atoms with van der Waals surface area (Å²) in [7, 11) is 0. The number of unbranched alkanes of at least 4 members (excludes halogenated alkanes) is 1. The highest BCUT2D eigenvalue weighted by atomic mass is 16.6. The highest BCUT2D eigenvalue weighted by Gasteiger charge is 2.49. The van der Waals surface area contributed by atoms with Crippen molar-refractivity contribution in [1.82, 2.24) is 10.2 Å². The molecule has 0 aromatic heterocycles. The number of rotatable bonds is 5. The molecule has 0 radical (unpaired) electrons. The van der Waals surface area contributed by atoms with Gasteiger partial charge in [0.15, 0.2) is 0 Å². The van der Waals surface area contributed by atoms with Crippen LogP contribution in [0.15, 0.2) is 0 Å². The Morgan fingerprint density at radius 3 is 2.61 bits per heavy atom. The van der Waals surface area contributed by atoms with Gasteiger partial charge in [-0.3, -0.25) is 0 Å². The second-order valence-electron chi connectivity index (χ2n) is 8.61. The van der Waals surface area contributed by atoms with Crippen LogP contribution in [0.1, 0.15) is 86.0 Å². The Balaban J connectivity index is 1.93. The average Bonchev–Trinajstić information content (AvgIpc) is 2.41. The van der Waals surface area contributed by atoms with Crippen LogP contribution in [0.25, 0.3) is 0 Å². The van der Waals surface area contributed by atoms with Gasteiger partial charge in [0, 0.05) is 24.2 Å². The summed E-state index contributed by atoms with van der Waals surface area (Å²) in [6.45, 7) is 11.2. The third kappa shape index (κ3) is 4.85. The number of carbonyl (C=O) groups excluding carboxylic acids is 1. The second kappa shape index (κ2) is 7.42. The Morgan fingerprint density at radius 1 is 1.39 bits per heavy atom. The minimum atomic E-state index is -0.411. The van der Waals surface area contributed by atoms with Crippen LogP contribution < -0.4 is 5.32 Å². The number of hydrogen-bond acceptors (Lipinski definition) is 3. The standard InChI is InChI=1S/C19H36N2O2/c1-6-7-9-15(2)20-16-10-13-21(17(22)23-18(3,4)5)19(14-16)11-8-12-19/h15-16,20H,6-14H2,1-5H3. The molecule has 1 aliphatic heterocycles. The predicted octanol–water partition coefficient (Wildman–Crippen LogP) is 4.48. The van der Waals surface area contributed by atoms with Crippen molar-refractivity contribution in [2.45, 2.75) is 109 Å². The van der Waals surface area contributed by atoms with Crippen LogP contribution in [0, 0.1) is 0 Å². The van der Waals surface area contributed by atoms with Gasteiger partial charge in [0.1, 0.15) is 5.60 Å². The van der Waals surface area contributed by atoms with Crippen molar-refractivity contribution in [2.75, 3.05) is 6.54 Å². The SMILES string of the molecule is CCCCC(C)NC1CCN(C(=O)OC(C)(C)C)C2(CCC2)C1. The molecular weight excluding hydrogens is 288 g/mol. The molecule has 1 saturated carbocycles. The molecule has 1 saturated heterocycles. The third-order valence-electron chi connectivity index (χ3n) is 5.31. The Hall–Kier alpha value is -0.770. The monoisotopic (exact) mass is 324 g/mol. The Labute approximate surface area is 142 Å². The summed E-state index contributed by atoms with van der Waals surface area (Å²) in [6.07, 6.45) is 9.30. The lowest BCUT2D eigenvalue weighted by molar-refractivity contribution is -0.0500. The van der Waals surface area contributed by atoms with Crippen LogP contribution in [-0.4, -0.2) is 40.8 Å². The highest BCUT2D eigenvalue weighted by Crippen LogP contribution is 2.45. The predicted molar refractivity (Wildman–Crippen MR) is 94.7 cm³/mol. The number of nitrogens with zero attached hydrogens (tertiary/aromatic N) is 1. The molecule has 2 rings (SSSR count). The minimum absolute atomic E-state index is 0.0583. The van der Waals surface area contributed by atoms with Crippen LogP contribution in [0.5, 0.6) is 0 Å². The zero-order valence-corrected chi connectivity index (χ0v) is 15.8. The van der Waals surface area contributed by atoms with Gasteiger partial charge in [-0.25, -0.2) is 4.79 Å². The largest absolute Gasteiger partial charge is 0.444 e. The maximum atomic E-state index is 12.6. The van der Waals surface area contributed by atoms with Crippen molar-refractivity contribution in [1.29, 1.82) is 0 Å². The van der Waals surface area contributed by atoms with Crippen LogP contribution in [-0.2, 0) is 4.74 Å². The van der Waals surface area contributed by atoms with E-state index in [2.05, 4.69) is 19.2 Å². The molecule has 0 bridgehead atoms. The van der Waals surface area contributed by atoms with Gasteiger partial charge in [-0.15, -0.1) is 0 Å². The second-order valence-corrected chi connectivity index (χ2v) is 8.61. The van der Waals surface area contributed by atoms with Crippen LogP contribution in [0.2, 0.25) is 0 Å². The molecule has 1 amide bonds. The number of piperidine rings is 1. The first-order valence-corrected chi connectivity index (χ1v) is 9.52. The lowest BCUT2D eigenvalue weighted by atomic mass is 9.69. The highest BCUT2D eigenvalue weighted by molar-refractivity contribution is 5.69. The van der Waals surface area contributed by atoms with Gasteiger partial charge >= 0.3 is 6.09 Å². The molecule has 2 aliphatic rings. The van der Waals surface area contributed by atoms with E-state index >= 15 is 0 Å². The van der Waals surface area contributed by atoms with Gasteiger partial charge in [0.05, 0.1) is 0 Å². The minimum Gasteiger partial charge on any atom is -0.444 e. The fraction of sp³-hybridized carbons (Fsp3) is 0.947. The molecule has 23 heavy (non-hydrogen) atoms. The topological polar surface area (TPSA) is 41.6 Å². The molecule has 134 valence electrons. The molecule has 2 fully saturated rings. The van der Waals surface area contributed by atoms with Crippen LogP contribution in [0.4, 0.5) is 4.79 Å². The van der Waals surface area contributed by atoms with Crippen LogP contribution >= 0.6 is 0 Å². The lowest BCUT2D eigenvalue weighted by Gasteiger charge is -2.55. The molecule has 1 spiro atoms. The Bertz CT molecular complexity index is 399. The number of hydrogen-bond donors (Lipinski definition) is 1. The van der Waals surface area contributed by atoms with Crippen molar-refractivity contribution >= 4 is 6.09 Å². The fourth-order valence-corrected chi connectivity index (χ4v) is 3.99. The summed E-state index contributed by atoms with van der Waals surface area (Å²) >= 11 is 0. The number of amides is 1. The lowest BCUT2D eigenvalue weighted by Crippen LogP contribution is -2.64. The Morgan fingerprint density at radius 2 is 2.09 bits per heavy atom. The van der Waals surface area contributed by atoms with Gasteiger partial charge < -0.3 is 15.0 Å². The normalized spacial score (nSPS) is 25.1. The van der Waals surface area contributed by atoms with Gasteiger partial charge in [0.25, 0.3) is 0 Å². The first-order valence-electron chi connectivity index (χ1n) is 9.52. The molecular formula is C19H36N2O2. The zero-order valence-electron chi connectivity index (χ0n) is 15.8.